The third-order valence-electron chi connectivity index (χ3n) is 8.77. The van der Waals surface area contributed by atoms with E-state index < -0.39 is 17.9 Å². The third kappa shape index (κ3) is 5.40. The summed E-state index contributed by atoms with van der Waals surface area (Å²) in [4.78, 5) is 46.0. The third-order valence-corrected chi connectivity index (χ3v) is 8.77. The number of methoxy groups -OCH3 is 1. The number of amides is 2. The van der Waals surface area contributed by atoms with Crippen LogP contribution in [0.2, 0.25) is 0 Å². The first-order chi connectivity index (χ1) is 18.0. The Kier molecular flexibility index (Phi) is 8.12. The zero-order valence-electron chi connectivity index (χ0n) is 21.9. The van der Waals surface area contributed by atoms with E-state index in [2.05, 4.69) is 9.80 Å². The van der Waals surface area contributed by atoms with Crippen molar-refractivity contribution in [1.29, 1.82) is 0 Å². The van der Waals surface area contributed by atoms with Gasteiger partial charge in [-0.1, -0.05) is 19.3 Å². The van der Waals surface area contributed by atoms with Crippen molar-refractivity contribution >= 4 is 23.3 Å². The smallest absolute Gasteiger partial charge is 0.249 e. The molecule has 1 aromatic carbocycles. The number of fused-ring (bicyclic) bond motifs is 1. The summed E-state index contributed by atoms with van der Waals surface area (Å²) in [6.07, 6.45) is 5.63. The predicted molar refractivity (Wildman–Crippen MR) is 140 cm³/mol. The SMILES string of the molecule is COCCN1CCN(c2ccc(C(N)=O)c([C@@H](C(=O)N3CC[C@H]4OCC(=O)[C@H]43)C3CCCCC3)c2)CC1. The van der Waals surface area contributed by atoms with Crippen LogP contribution in [0, 0.1) is 5.92 Å². The Bertz CT molecular complexity index is 1000. The molecule has 2 N–H and O–H groups in total. The molecule has 3 heterocycles. The largest absolute Gasteiger partial charge is 0.383 e. The monoisotopic (exact) mass is 512 g/mol. The fourth-order valence-corrected chi connectivity index (χ4v) is 6.75. The molecule has 0 unspecified atom stereocenters. The molecule has 0 bridgehead atoms. The molecule has 9 heteroatoms. The van der Waals surface area contributed by atoms with Gasteiger partial charge in [-0.25, -0.2) is 0 Å². The van der Waals surface area contributed by atoms with Crippen LogP contribution in [0.15, 0.2) is 18.2 Å². The second kappa shape index (κ2) is 11.5. The predicted octanol–water partition coefficient (Wildman–Crippen LogP) is 1.79. The molecule has 0 aromatic heterocycles. The Balaban J connectivity index is 1.46. The molecule has 202 valence electrons. The summed E-state index contributed by atoms with van der Waals surface area (Å²) in [5.41, 5.74) is 8.01. The van der Waals surface area contributed by atoms with Gasteiger partial charge in [0.1, 0.15) is 12.6 Å². The van der Waals surface area contributed by atoms with Crippen LogP contribution >= 0.6 is 0 Å². The highest BCUT2D eigenvalue weighted by atomic mass is 16.5. The summed E-state index contributed by atoms with van der Waals surface area (Å²) in [5, 5.41) is 0. The van der Waals surface area contributed by atoms with E-state index >= 15 is 0 Å². The molecule has 1 aliphatic carbocycles. The average molecular weight is 513 g/mol. The maximum absolute atomic E-state index is 14.3. The van der Waals surface area contributed by atoms with E-state index in [-0.39, 0.29) is 30.3 Å². The van der Waals surface area contributed by atoms with Gasteiger partial charge in [0, 0.05) is 57.6 Å². The molecule has 1 saturated carbocycles. The zero-order valence-corrected chi connectivity index (χ0v) is 21.9. The minimum Gasteiger partial charge on any atom is -0.383 e. The van der Waals surface area contributed by atoms with Gasteiger partial charge in [0.2, 0.25) is 11.8 Å². The van der Waals surface area contributed by atoms with Crippen molar-refractivity contribution < 1.29 is 23.9 Å². The number of Topliss-reactive ketones (excluding diaryl/α,β-unsaturated/α-hetero) is 1. The van der Waals surface area contributed by atoms with Crippen LogP contribution in [0.25, 0.3) is 0 Å². The van der Waals surface area contributed by atoms with E-state index in [0.717, 1.165) is 76.1 Å². The summed E-state index contributed by atoms with van der Waals surface area (Å²) in [6, 6.07) is 5.28. The van der Waals surface area contributed by atoms with E-state index in [1.807, 2.05) is 12.1 Å². The van der Waals surface area contributed by atoms with E-state index in [1.165, 1.54) is 0 Å². The molecule has 4 aliphatic rings. The van der Waals surface area contributed by atoms with Crippen LogP contribution in [0.1, 0.15) is 60.4 Å². The number of primary amides is 1. The quantitative estimate of drug-likeness (QED) is 0.566. The normalized spacial score (nSPS) is 25.9. The van der Waals surface area contributed by atoms with Gasteiger partial charge < -0.3 is 25.0 Å². The van der Waals surface area contributed by atoms with E-state index in [0.29, 0.717) is 25.1 Å². The van der Waals surface area contributed by atoms with Crippen LogP contribution in [0.5, 0.6) is 0 Å². The molecule has 3 aliphatic heterocycles. The molecule has 0 spiro atoms. The average Bonchev–Trinajstić information content (AvgIpc) is 3.51. The second-order valence-electron chi connectivity index (χ2n) is 10.9. The van der Waals surface area contributed by atoms with Crippen LogP contribution in [0.4, 0.5) is 5.69 Å². The number of anilines is 1. The fraction of sp³-hybridized carbons (Fsp3) is 0.679. The Morgan fingerprint density at radius 2 is 1.84 bits per heavy atom. The highest BCUT2D eigenvalue weighted by molar-refractivity contribution is 5.99. The van der Waals surface area contributed by atoms with Gasteiger partial charge >= 0.3 is 0 Å². The molecule has 9 nitrogen and oxygen atoms in total. The standard InChI is InChI=1S/C28H40N4O5/c1-36-16-15-30-11-13-31(14-12-30)20-7-8-21(27(29)34)22(17-20)25(19-5-3-2-4-6-19)28(35)32-10-9-24-26(32)23(33)18-37-24/h7-8,17,19,24-26H,2-6,9-16,18H2,1H3,(H2,29,34)/t24-,25+,26-/m1/s1. The highest BCUT2D eigenvalue weighted by Gasteiger charge is 2.49. The van der Waals surface area contributed by atoms with Crippen LogP contribution in [0.3, 0.4) is 0 Å². The number of carbonyl (C=O) groups is 3. The van der Waals surface area contributed by atoms with Crippen molar-refractivity contribution in [3.63, 3.8) is 0 Å². The minimum absolute atomic E-state index is 0.0199. The molecule has 2 amide bonds. The number of hydrogen-bond donors (Lipinski definition) is 1. The summed E-state index contributed by atoms with van der Waals surface area (Å²) >= 11 is 0. The lowest BCUT2D eigenvalue weighted by Gasteiger charge is -2.37. The van der Waals surface area contributed by atoms with Gasteiger partial charge in [0.25, 0.3) is 0 Å². The molecule has 3 saturated heterocycles. The van der Waals surface area contributed by atoms with Gasteiger partial charge in [0.05, 0.1) is 18.6 Å². The number of rotatable bonds is 8. The Hall–Kier alpha value is -2.49. The molecule has 37 heavy (non-hydrogen) atoms. The number of piperazine rings is 1. The minimum atomic E-state index is -0.515. The van der Waals surface area contributed by atoms with Gasteiger partial charge in [-0.05, 0) is 48.9 Å². The summed E-state index contributed by atoms with van der Waals surface area (Å²) in [6.45, 7) is 5.80. The van der Waals surface area contributed by atoms with Gasteiger partial charge in [0.15, 0.2) is 5.78 Å². The Morgan fingerprint density at radius 1 is 1.08 bits per heavy atom. The summed E-state index contributed by atoms with van der Waals surface area (Å²) in [7, 11) is 1.72. The number of nitrogens with zero attached hydrogens (tertiary/aromatic N) is 3. The topological polar surface area (TPSA) is 105 Å². The van der Waals surface area contributed by atoms with Crippen molar-refractivity contribution in [1.82, 2.24) is 9.80 Å². The molecule has 0 radical (unpaired) electrons. The van der Waals surface area contributed by atoms with Crippen molar-refractivity contribution in [2.45, 2.75) is 56.6 Å². The number of ether oxygens (including phenoxy) is 2. The lowest BCUT2D eigenvalue weighted by molar-refractivity contribution is -0.139. The second-order valence-corrected chi connectivity index (χ2v) is 10.9. The van der Waals surface area contributed by atoms with Crippen molar-refractivity contribution in [2.75, 3.05) is 64.5 Å². The van der Waals surface area contributed by atoms with Crippen LogP contribution in [-0.2, 0) is 19.1 Å². The molecule has 5 rings (SSSR count). The highest BCUT2D eigenvalue weighted by Crippen LogP contribution is 2.42. The van der Waals surface area contributed by atoms with Crippen molar-refractivity contribution in [3.05, 3.63) is 29.3 Å². The molecule has 3 atom stereocenters. The number of hydrogen-bond acceptors (Lipinski definition) is 7. The number of ketones is 1. The maximum Gasteiger partial charge on any atom is 0.249 e. The van der Waals surface area contributed by atoms with E-state index in [9.17, 15) is 14.4 Å². The first kappa shape index (κ1) is 26.1. The van der Waals surface area contributed by atoms with Crippen LogP contribution in [-0.4, -0.2) is 99.1 Å². The van der Waals surface area contributed by atoms with Gasteiger partial charge in [-0.3, -0.25) is 19.3 Å². The van der Waals surface area contributed by atoms with Crippen molar-refractivity contribution in [2.24, 2.45) is 11.7 Å². The molecule has 1 aromatic rings. The Morgan fingerprint density at radius 3 is 2.54 bits per heavy atom. The maximum atomic E-state index is 14.3. The van der Waals surface area contributed by atoms with Gasteiger partial charge in [-0.2, -0.15) is 0 Å². The Labute approximate surface area is 219 Å². The summed E-state index contributed by atoms with van der Waals surface area (Å²) in [5.74, 6) is -0.954. The lowest BCUT2D eigenvalue weighted by Crippen LogP contribution is -2.47. The van der Waals surface area contributed by atoms with Crippen molar-refractivity contribution in [3.8, 4) is 0 Å². The number of carbonyl (C=O) groups excluding carboxylic acids is 3. The fourth-order valence-electron chi connectivity index (χ4n) is 6.75. The molecular weight excluding hydrogens is 472 g/mol. The van der Waals surface area contributed by atoms with E-state index in [4.69, 9.17) is 15.2 Å². The van der Waals surface area contributed by atoms with E-state index in [1.54, 1.807) is 18.1 Å². The first-order valence-corrected chi connectivity index (χ1v) is 13.8. The zero-order chi connectivity index (χ0) is 25.9. The number of likely N-dealkylation sites (tertiary alicyclic amines) is 1. The first-order valence-electron chi connectivity index (χ1n) is 13.8. The molecular formula is C28H40N4O5. The van der Waals surface area contributed by atoms with Crippen LogP contribution < -0.4 is 10.6 Å². The number of nitrogens with two attached hydrogens (primary N) is 1. The molecule has 4 fully saturated rings. The van der Waals surface area contributed by atoms with Gasteiger partial charge in [-0.15, -0.1) is 0 Å². The summed E-state index contributed by atoms with van der Waals surface area (Å²) < 4.78 is 10.9. The lowest BCUT2D eigenvalue weighted by atomic mass is 9.74. The number of benzene rings is 1.